The number of hydrogen-bond acceptors (Lipinski definition) is 5. The van der Waals surface area contributed by atoms with Crippen LogP contribution in [0.15, 0.2) is 47.9 Å². The molecule has 0 unspecified atom stereocenters. The molecule has 4 N–H and O–H groups in total. The van der Waals surface area contributed by atoms with Crippen molar-refractivity contribution in [1.82, 2.24) is 10.2 Å². The van der Waals surface area contributed by atoms with E-state index in [1.807, 2.05) is 17.5 Å². The van der Waals surface area contributed by atoms with Crippen molar-refractivity contribution in [2.45, 2.75) is 25.3 Å². The van der Waals surface area contributed by atoms with Gasteiger partial charge in [-0.3, -0.25) is 14.4 Å². The first-order chi connectivity index (χ1) is 17.2. The van der Waals surface area contributed by atoms with Gasteiger partial charge < -0.3 is 21.1 Å². The maximum Gasteiger partial charge on any atom is 0.305 e. The van der Waals surface area contributed by atoms with Gasteiger partial charge >= 0.3 is 5.97 Å². The molecular formula is C26H25Cl2N3O4S. The van der Waals surface area contributed by atoms with E-state index in [1.54, 1.807) is 35.2 Å². The number of carboxylic acid groups (broad SMARTS) is 1. The first-order valence-corrected chi connectivity index (χ1v) is 13.1. The van der Waals surface area contributed by atoms with Gasteiger partial charge in [0.05, 0.1) is 27.2 Å². The number of carbonyl (C=O) groups excluding carboxylic acids is 2. The summed E-state index contributed by atoms with van der Waals surface area (Å²) in [5.41, 5.74) is 7.63. The molecule has 2 heterocycles. The number of amides is 2. The summed E-state index contributed by atoms with van der Waals surface area (Å²) in [5, 5.41) is 15.9. The Bertz CT molecular complexity index is 1330. The molecule has 36 heavy (non-hydrogen) atoms. The largest absolute Gasteiger partial charge is 0.481 e. The van der Waals surface area contributed by atoms with Gasteiger partial charge in [-0.15, -0.1) is 11.3 Å². The number of piperidine rings is 1. The van der Waals surface area contributed by atoms with Crippen LogP contribution in [0.2, 0.25) is 10.0 Å². The zero-order valence-corrected chi connectivity index (χ0v) is 21.6. The number of nitrogens with zero attached hydrogens (tertiary/aromatic N) is 1. The minimum Gasteiger partial charge on any atom is -0.481 e. The van der Waals surface area contributed by atoms with Crippen LogP contribution < -0.4 is 11.1 Å². The fourth-order valence-electron chi connectivity index (χ4n) is 4.31. The summed E-state index contributed by atoms with van der Waals surface area (Å²) >= 11 is 14.3. The van der Waals surface area contributed by atoms with E-state index in [0.717, 1.165) is 10.1 Å². The molecule has 188 valence electrons. The molecule has 0 saturated carbocycles. The van der Waals surface area contributed by atoms with Gasteiger partial charge in [0.15, 0.2) is 0 Å². The van der Waals surface area contributed by atoms with Crippen LogP contribution in [-0.2, 0) is 14.4 Å². The molecule has 0 bridgehead atoms. The van der Waals surface area contributed by atoms with Gasteiger partial charge in [-0.25, -0.2) is 0 Å². The monoisotopic (exact) mass is 545 g/mol. The molecular weight excluding hydrogens is 521 g/mol. The highest BCUT2D eigenvalue weighted by Crippen LogP contribution is 2.37. The molecule has 7 nitrogen and oxygen atoms in total. The number of nitrogen functional groups attached to an aromatic ring is 1. The van der Waals surface area contributed by atoms with Crippen molar-refractivity contribution in [2.75, 3.05) is 18.8 Å². The number of anilines is 1. The van der Waals surface area contributed by atoms with Crippen LogP contribution in [0, 0.1) is 5.92 Å². The number of hydrogen-bond donors (Lipinski definition) is 3. The minimum absolute atomic E-state index is 0.171. The summed E-state index contributed by atoms with van der Waals surface area (Å²) in [6, 6.07) is 10.00. The van der Waals surface area contributed by atoms with Crippen molar-refractivity contribution < 1.29 is 19.5 Å². The van der Waals surface area contributed by atoms with E-state index < -0.39 is 12.0 Å². The number of carbonyl (C=O) groups is 3. The summed E-state index contributed by atoms with van der Waals surface area (Å²) in [5.74, 6) is -1.73. The van der Waals surface area contributed by atoms with Crippen LogP contribution >= 0.6 is 34.5 Å². The number of halogens is 2. The highest BCUT2D eigenvalue weighted by molar-refractivity contribution is 7.18. The molecule has 1 aliphatic rings. The standard InChI is InChI=1S/C26H25Cl2N3O4S/c27-23-17(12-18-8-11-36-25(18)24(23)28)4-5-21(32)31-9-6-15(7-10-31)26(35)30-20(14-22(33)34)16-2-1-3-19(29)13-16/h1-5,8,11-13,15,20H,6-7,9-10,14,29H2,(H,30,35)(H,33,34)/b5-4+/t20-/m1/s1. The number of thiophene rings is 1. The maximum atomic E-state index is 12.9. The second-order valence-electron chi connectivity index (χ2n) is 8.69. The number of fused-ring (bicyclic) bond motifs is 1. The second-order valence-corrected chi connectivity index (χ2v) is 10.4. The van der Waals surface area contributed by atoms with Crippen LogP contribution in [0.5, 0.6) is 0 Å². The van der Waals surface area contributed by atoms with E-state index in [0.29, 0.717) is 52.8 Å². The smallest absolute Gasteiger partial charge is 0.305 e. The molecule has 1 aliphatic heterocycles. The molecule has 3 aromatic rings. The summed E-state index contributed by atoms with van der Waals surface area (Å²) in [4.78, 5) is 38.7. The Hall–Kier alpha value is -3.07. The molecule has 4 rings (SSSR count). The first kappa shape index (κ1) is 26.0. The molecule has 2 aromatic carbocycles. The Labute approximate surface area is 222 Å². The van der Waals surface area contributed by atoms with Gasteiger partial charge in [0.25, 0.3) is 0 Å². The van der Waals surface area contributed by atoms with Gasteiger partial charge in [-0.05, 0) is 65.1 Å². The van der Waals surface area contributed by atoms with Crippen LogP contribution in [-0.4, -0.2) is 40.9 Å². The van der Waals surface area contributed by atoms with Gasteiger partial charge in [0, 0.05) is 30.8 Å². The lowest BCUT2D eigenvalue weighted by molar-refractivity contribution is -0.138. The lowest BCUT2D eigenvalue weighted by Gasteiger charge is -2.31. The average molecular weight is 546 g/mol. The number of benzene rings is 2. The molecule has 0 spiro atoms. The van der Waals surface area contributed by atoms with Crippen molar-refractivity contribution in [1.29, 1.82) is 0 Å². The fraction of sp³-hybridized carbons (Fsp3) is 0.269. The van der Waals surface area contributed by atoms with Gasteiger partial charge in [0.1, 0.15) is 0 Å². The van der Waals surface area contributed by atoms with E-state index >= 15 is 0 Å². The van der Waals surface area contributed by atoms with Gasteiger partial charge in [0.2, 0.25) is 11.8 Å². The summed E-state index contributed by atoms with van der Waals surface area (Å²) < 4.78 is 0.909. The number of carboxylic acids is 1. The summed E-state index contributed by atoms with van der Waals surface area (Å²) in [7, 11) is 0. The normalized spacial score (nSPS) is 15.3. The molecule has 1 atom stereocenters. The van der Waals surface area contributed by atoms with Crippen molar-refractivity contribution in [3.8, 4) is 0 Å². The SMILES string of the molecule is Nc1cccc([C@@H](CC(=O)O)NC(=O)C2CCN(C(=O)/C=C/c3cc4ccsc4c(Cl)c3Cl)CC2)c1. The number of nitrogens with two attached hydrogens (primary N) is 1. The number of rotatable bonds is 7. The number of likely N-dealkylation sites (tertiary alicyclic amines) is 1. The van der Waals surface area contributed by atoms with E-state index in [1.165, 1.54) is 17.4 Å². The predicted octanol–water partition coefficient (Wildman–Crippen LogP) is 5.37. The second kappa shape index (κ2) is 11.3. The third kappa shape index (κ3) is 6.00. The van der Waals surface area contributed by atoms with Gasteiger partial charge in [-0.2, -0.15) is 0 Å². The van der Waals surface area contributed by atoms with Crippen LogP contribution in [0.3, 0.4) is 0 Å². The molecule has 1 saturated heterocycles. The molecule has 0 radical (unpaired) electrons. The number of aliphatic carboxylic acids is 1. The first-order valence-electron chi connectivity index (χ1n) is 11.4. The molecule has 0 aliphatic carbocycles. The van der Waals surface area contributed by atoms with Crippen molar-refractivity contribution >= 4 is 74.2 Å². The fourth-order valence-corrected chi connectivity index (χ4v) is 5.75. The number of nitrogens with one attached hydrogen (secondary N) is 1. The third-order valence-corrected chi connectivity index (χ3v) is 8.19. The van der Waals surface area contributed by atoms with Crippen LogP contribution in [0.4, 0.5) is 5.69 Å². The van der Waals surface area contributed by atoms with E-state index in [9.17, 15) is 19.5 Å². The van der Waals surface area contributed by atoms with Crippen LogP contribution in [0.1, 0.15) is 36.4 Å². The Morgan fingerprint density at radius 1 is 1.17 bits per heavy atom. The molecule has 1 aromatic heterocycles. The third-order valence-electron chi connectivity index (χ3n) is 6.24. The Morgan fingerprint density at radius 2 is 1.92 bits per heavy atom. The lowest BCUT2D eigenvalue weighted by atomic mass is 9.94. The average Bonchev–Trinajstić information content (AvgIpc) is 3.33. The predicted molar refractivity (Wildman–Crippen MR) is 144 cm³/mol. The quantitative estimate of drug-likeness (QED) is 0.272. The Balaban J connectivity index is 1.35. The minimum atomic E-state index is -1.02. The molecule has 10 heteroatoms. The highest BCUT2D eigenvalue weighted by atomic mass is 35.5. The maximum absolute atomic E-state index is 12.9. The van der Waals surface area contributed by atoms with Crippen molar-refractivity contribution in [2.24, 2.45) is 5.92 Å². The Morgan fingerprint density at radius 3 is 2.61 bits per heavy atom. The molecule has 2 amide bonds. The van der Waals surface area contributed by atoms with E-state index in [2.05, 4.69) is 5.32 Å². The molecule has 1 fully saturated rings. The van der Waals surface area contributed by atoms with Gasteiger partial charge in [-0.1, -0.05) is 35.3 Å². The van der Waals surface area contributed by atoms with Crippen LogP contribution in [0.25, 0.3) is 16.2 Å². The van der Waals surface area contributed by atoms with Crippen molar-refractivity contribution in [3.63, 3.8) is 0 Å². The summed E-state index contributed by atoms with van der Waals surface area (Å²) in [6.45, 7) is 0.836. The Kier molecular flexibility index (Phi) is 8.18. The topological polar surface area (TPSA) is 113 Å². The van der Waals surface area contributed by atoms with E-state index in [-0.39, 0.29) is 24.2 Å². The highest BCUT2D eigenvalue weighted by Gasteiger charge is 2.29. The zero-order chi connectivity index (χ0) is 25.8. The zero-order valence-electron chi connectivity index (χ0n) is 19.2. The lowest BCUT2D eigenvalue weighted by Crippen LogP contribution is -2.43. The summed E-state index contributed by atoms with van der Waals surface area (Å²) in [6.07, 6.45) is 3.85. The van der Waals surface area contributed by atoms with Crippen molar-refractivity contribution in [3.05, 3.63) is 69.0 Å². The van der Waals surface area contributed by atoms with E-state index in [4.69, 9.17) is 28.9 Å².